The molecule has 2 N–H and O–H groups in total. The molecule has 7 heteroatoms. The largest absolute Gasteiger partial charge is 0.326 e. The van der Waals surface area contributed by atoms with E-state index in [1.165, 1.54) is 18.2 Å². The van der Waals surface area contributed by atoms with Crippen molar-refractivity contribution in [2.45, 2.75) is 18.9 Å². The van der Waals surface area contributed by atoms with Crippen LogP contribution in [0.5, 0.6) is 0 Å². The van der Waals surface area contributed by atoms with E-state index in [0.29, 0.717) is 24.3 Å². The molecule has 124 valence electrons. The summed E-state index contributed by atoms with van der Waals surface area (Å²) in [5.41, 5.74) is 1.04. The molecule has 0 spiro atoms. The lowest BCUT2D eigenvalue weighted by atomic mass is 10.0. The fourth-order valence-corrected chi connectivity index (χ4v) is 2.67. The van der Waals surface area contributed by atoms with Crippen LogP contribution in [0.15, 0.2) is 48.8 Å². The number of halogens is 1. The number of rotatable bonds is 3. The van der Waals surface area contributed by atoms with E-state index in [1.807, 2.05) is 0 Å². The Labute approximate surface area is 138 Å². The van der Waals surface area contributed by atoms with Gasteiger partial charge in [0.25, 0.3) is 0 Å². The number of amides is 3. The topological polar surface area (TPSA) is 74.3 Å². The number of urea groups is 1. The smallest absolute Gasteiger partial charge is 0.319 e. The van der Waals surface area contributed by atoms with Crippen molar-refractivity contribution in [1.29, 1.82) is 0 Å². The second-order valence-electron chi connectivity index (χ2n) is 5.50. The minimum atomic E-state index is -0.618. The third kappa shape index (κ3) is 3.68. The predicted octanol–water partition coefficient (Wildman–Crippen LogP) is 2.54. The first-order valence-corrected chi connectivity index (χ1v) is 7.68. The van der Waals surface area contributed by atoms with Crippen LogP contribution in [0.2, 0.25) is 0 Å². The van der Waals surface area contributed by atoms with Crippen molar-refractivity contribution < 1.29 is 14.0 Å². The number of hydrogen-bond donors (Lipinski definition) is 2. The number of carbonyl (C=O) groups is 2. The Balaban J connectivity index is 1.64. The van der Waals surface area contributed by atoms with Crippen molar-refractivity contribution in [2.75, 3.05) is 16.8 Å². The molecule has 1 aliphatic heterocycles. The van der Waals surface area contributed by atoms with Gasteiger partial charge < -0.3 is 15.5 Å². The zero-order chi connectivity index (χ0) is 16.9. The van der Waals surface area contributed by atoms with Crippen LogP contribution in [-0.4, -0.2) is 29.5 Å². The summed E-state index contributed by atoms with van der Waals surface area (Å²) in [4.78, 5) is 30.2. The van der Waals surface area contributed by atoms with Crippen LogP contribution >= 0.6 is 0 Å². The maximum Gasteiger partial charge on any atom is 0.319 e. The molecule has 6 nitrogen and oxygen atoms in total. The van der Waals surface area contributed by atoms with Crippen molar-refractivity contribution >= 4 is 23.3 Å². The van der Waals surface area contributed by atoms with E-state index >= 15 is 0 Å². The first kappa shape index (κ1) is 15.9. The lowest BCUT2D eigenvalue weighted by Crippen LogP contribution is -2.53. The van der Waals surface area contributed by atoms with Gasteiger partial charge in [-0.15, -0.1) is 0 Å². The van der Waals surface area contributed by atoms with Crippen LogP contribution in [0, 0.1) is 5.82 Å². The molecule has 1 atom stereocenters. The lowest BCUT2D eigenvalue weighted by molar-refractivity contribution is -0.121. The number of carbonyl (C=O) groups excluding carboxylic acids is 2. The molecule has 1 unspecified atom stereocenters. The van der Waals surface area contributed by atoms with Crippen LogP contribution in [-0.2, 0) is 4.79 Å². The Morgan fingerprint density at radius 2 is 2.17 bits per heavy atom. The Hall–Kier alpha value is -2.96. The number of hydrogen-bond acceptors (Lipinski definition) is 3. The Bertz CT molecular complexity index is 738. The molecule has 0 saturated carbocycles. The van der Waals surface area contributed by atoms with Crippen molar-refractivity contribution in [3.8, 4) is 0 Å². The summed E-state index contributed by atoms with van der Waals surface area (Å²) in [5.74, 6) is -0.618. The molecule has 0 radical (unpaired) electrons. The van der Waals surface area contributed by atoms with Gasteiger partial charge in [-0.05, 0) is 43.2 Å². The maximum absolute atomic E-state index is 13.1. The molecule has 1 aromatic heterocycles. The lowest BCUT2D eigenvalue weighted by Gasteiger charge is -2.32. The first-order chi connectivity index (χ1) is 11.6. The normalized spacial score (nSPS) is 17.5. The molecule has 1 fully saturated rings. The molecular formula is C17H17FN4O2. The summed E-state index contributed by atoms with van der Waals surface area (Å²) in [6.45, 7) is 0.591. The third-order valence-corrected chi connectivity index (χ3v) is 3.78. The zero-order valence-electron chi connectivity index (χ0n) is 12.9. The van der Waals surface area contributed by atoms with Gasteiger partial charge in [-0.3, -0.25) is 9.78 Å². The Morgan fingerprint density at radius 1 is 1.29 bits per heavy atom. The van der Waals surface area contributed by atoms with Gasteiger partial charge >= 0.3 is 6.03 Å². The average molecular weight is 328 g/mol. The van der Waals surface area contributed by atoms with E-state index in [1.54, 1.807) is 35.5 Å². The van der Waals surface area contributed by atoms with Gasteiger partial charge in [0, 0.05) is 18.4 Å². The summed E-state index contributed by atoms with van der Waals surface area (Å²) in [5, 5.41) is 5.18. The molecule has 3 amide bonds. The number of anilines is 2. The highest BCUT2D eigenvalue weighted by atomic mass is 19.1. The molecule has 1 saturated heterocycles. The minimum absolute atomic E-state index is 0.177. The van der Waals surface area contributed by atoms with Gasteiger partial charge in [0.1, 0.15) is 11.9 Å². The van der Waals surface area contributed by atoms with Gasteiger partial charge in [-0.25, -0.2) is 9.18 Å². The quantitative estimate of drug-likeness (QED) is 0.909. The summed E-state index contributed by atoms with van der Waals surface area (Å²) < 4.78 is 13.1. The highest BCUT2D eigenvalue weighted by Gasteiger charge is 2.30. The SMILES string of the molecule is O=C(Nc1cccc(F)c1)NC1CCCN(c2cccnc2)C1=O. The molecule has 1 aromatic carbocycles. The van der Waals surface area contributed by atoms with Crippen LogP contribution in [0.4, 0.5) is 20.6 Å². The average Bonchev–Trinajstić information content (AvgIpc) is 2.57. The number of nitrogens with one attached hydrogen (secondary N) is 2. The Kier molecular flexibility index (Phi) is 4.69. The van der Waals surface area contributed by atoms with E-state index in [9.17, 15) is 14.0 Å². The van der Waals surface area contributed by atoms with Crippen LogP contribution in [0.3, 0.4) is 0 Å². The fraction of sp³-hybridized carbons (Fsp3) is 0.235. The first-order valence-electron chi connectivity index (χ1n) is 7.68. The third-order valence-electron chi connectivity index (χ3n) is 3.78. The Morgan fingerprint density at radius 3 is 2.92 bits per heavy atom. The summed E-state index contributed by atoms with van der Waals surface area (Å²) >= 11 is 0. The monoisotopic (exact) mass is 328 g/mol. The second-order valence-corrected chi connectivity index (χ2v) is 5.50. The van der Waals surface area contributed by atoms with Gasteiger partial charge in [-0.1, -0.05) is 6.07 Å². The van der Waals surface area contributed by atoms with Gasteiger partial charge in [0.05, 0.1) is 11.9 Å². The van der Waals surface area contributed by atoms with Crippen molar-refractivity contribution in [1.82, 2.24) is 10.3 Å². The molecule has 24 heavy (non-hydrogen) atoms. The number of piperidine rings is 1. The molecule has 0 aliphatic carbocycles. The standard InChI is InChI=1S/C17H17FN4O2/c18-12-4-1-5-13(10-12)20-17(24)21-15-7-3-9-22(16(15)23)14-6-2-8-19-11-14/h1-2,4-6,8,10-11,15H,3,7,9H2,(H2,20,21,24). The molecule has 2 aromatic rings. The minimum Gasteiger partial charge on any atom is -0.326 e. The molecule has 2 heterocycles. The van der Waals surface area contributed by atoms with E-state index < -0.39 is 17.9 Å². The van der Waals surface area contributed by atoms with Crippen molar-refractivity contribution in [3.63, 3.8) is 0 Å². The molecule has 1 aliphatic rings. The van der Waals surface area contributed by atoms with E-state index in [-0.39, 0.29) is 5.91 Å². The maximum atomic E-state index is 13.1. The van der Waals surface area contributed by atoms with E-state index in [0.717, 1.165) is 6.42 Å². The number of aromatic nitrogens is 1. The van der Waals surface area contributed by atoms with Gasteiger partial charge in [0.2, 0.25) is 5.91 Å². The van der Waals surface area contributed by atoms with Crippen molar-refractivity contribution in [2.24, 2.45) is 0 Å². The van der Waals surface area contributed by atoms with Gasteiger partial charge in [-0.2, -0.15) is 0 Å². The molecule has 0 bridgehead atoms. The van der Waals surface area contributed by atoms with Crippen LogP contribution in [0.25, 0.3) is 0 Å². The molecular weight excluding hydrogens is 311 g/mol. The summed E-state index contributed by atoms with van der Waals surface area (Å²) in [7, 11) is 0. The highest BCUT2D eigenvalue weighted by molar-refractivity contribution is 6.01. The number of nitrogens with zero attached hydrogens (tertiary/aromatic N) is 2. The fourth-order valence-electron chi connectivity index (χ4n) is 2.67. The van der Waals surface area contributed by atoms with Gasteiger partial charge in [0.15, 0.2) is 0 Å². The highest BCUT2D eigenvalue weighted by Crippen LogP contribution is 2.20. The van der Waals surface area contributed by atoms with Crippen molar-refractivity contribution in [3.05, 3.63) is 54.6 Å². The predicted molar refractivity (Wildman–Crippen MR) is 88.2 cm³/mol. The zero-order valence-corrected chi connectivity index (χ0v) is 12.9. The van der Waals surface area contributed by atoms with E-state index in [4.69, 9.17) is 0 Å². The van der Waals surface area contributed by atoms with E-state index in [2.05, 4.69) is 15.6 Å². The van der Waals surface area contributed by atoms with Crippen LogP contribution in [0.1, 0.15) is 12.8 Å². The second kappa shape index (κ2) is 7.08. The summed E-state index contributed by atoms with van der Waals surface area (Å²) in [6, 6.07) is 7.99. The molecule has 3 rings (SSSR count). The number of pyridine rings is 1. The van der Waals surface area contributed by atoms with Crippen LogP contribution < -0.4 is 15.5 Å². The number of benzene rings is 1. The summed E-state index contributed by atoms with van der Waals surface area (Å²) in [6.07, 6.45) is 4.59.